The van der Waals surface area contributed by atoms with Gasteiger partial charge in [0.1, 0.15) is 0 Å². The molecule has 27 heavy (non-hydrogen) atoms. The Bertz CT molecular complexity index is 962. The van der Waals surface area contributed by atoms with Crippen LogP contribution in [0.4, 0.5) is 11.4 Å². The minimum atomic E-state index is -0.214. The highest BCUT2D eigenvalue weighted by atomic mass is 16.2. The number of rotatable bonds is 6. The molecule has 0 radical (unpaired) electrons. The molecule has 0 saturated heterocycles. The van der Waals surface area contributed by atoms with Gasteiger partial charge in [0, 0.05) is 35.2 Å². The Morgan fingerprint density at radius 2 is 1.78 bits per heavy atom. The van der Waals surface area contributed by atoms with Crippen LogP contribution in [0.15, 0.2) is 67.0 Å². The van der Waals surface area contributed by atoms with E-state index in [1.54, 1.807) is 30.5 Å². The van der Waals surface area contributed by atoms with Crippen LogP contribution in [0, 0.1) is 5.92 Å². The van der Waals surface area contributed by atoms with E-state index in [1.807, 2.05) is 41.2 Å². The van der Waals surface area contributed by atoms with Crippen LogP contribution in [0.3, 0.4) is 0 Å². The Balaban J connectivity index is 1.43. The van der Waals surface area contributed by atoms with Crippen molar-refractivity contribution in [1.29, 1.82) is 0 Å². The Morgan fingerprint density at radius 3 is 2.52 bits per heavy atom. The number of benzene rings is 2. The predicted molar refractivity (Wildman–Crippen MR) is 104 cm³/mol. The van der Waals surface area contributed by atoms with Crippen molar-refractivity contribution in [1.82, 2.24) is 9.78 Å². The topological polar surface area (TPSA) is 76.0 Å². The highest BCUT2D eigenvalue weighted by molar-refractivity contribution is 6.05. The molecule has 1 aliphatic rings. The molecule has 0 bridgehead atoms. The average Bonchev–Trinajstić information content (AvgIpc) is 3.40. The van der Waals surface area contributed by atoms with Gasteiger partial charge in [0.25, 0.3) is 5.91 Å². The minimum Gasteiger partial charge on any atom is -0.326 e. The number of amides is 2. The number of carbonyl (C=O) groups is 2. The number of hydrogen-bond donors (Lipinski definition) is 2. The van der Waals surface area contributed by atoms with E-state index in [1.165, 1.54) is 0 Å². The third kappa shape index (κ3) is 4.41. The van der Waals surface area contributed by atoms with Crippen LogP contribution < -0.4 is 10.6 Å². The van der Waals surface area contributed by atoms with Crippen LogP contribution in [-0.2, 0) is 11.3 Å². The van der Waals surface area contributed by atoms with Gasteiger partial charge in [0.05, 0.1) is 6.54 Å². The van der Waals surface area contributed by atoms with Crippen LogP contribution in [-0.4, -0.2) is 21.6 Å². The fourth-order valence-electron chi connectivity index (χ4n) is 2.86. The number of hydrogen-bond acceptors (Lipinski definition) is 3. The van der Waals surface area contributed by atoms with E-state index in [4.69, 9.17) is 0 Å². The normalized spacial score (nSPS) is 13.2. The van der Waals surface area contributed by atoms with Crippen molar-refractivity contribution in [2.75, 3.05) is 10.6 Å². The van der Waals surface area contributed by atoms with Gasteiger partial charge >= 0.3 is 0 Å². The molecule has 0 spiro atoms. The lowest BCUT2D eigenvalue weighted by Crippen LogP contribution is -2.15. The van der Waals surface area contributed by atoms with Crippen molar-refractivity contribution in [3.63, 3.8) is 0 Å². The number of aromatic nitrogens is 2. The van der Waals surface area contributed by atoms with Gasteiger partial charge in [-0.15, -0.1) is 0 Å². The van der Waals surface area contributed by atoms with Crippen LogP contribution >= 0.6 is 0 Å². The summed E-state index contributed by atoms with van der Waals surface area (Å²) in [6, 6.07) is 16.5. The summed E-state index contributed by atoms with van der Waals surface area (Å²) < 4.78 is 1.83. The van der Waals surface area contributed by atoms with E-state index < -0.39 is 0 Å². The van der Waals surface area contributed by atoms with Gasteiger partial charge in [-0.25, -0.2) is 0 Å². The molecular formula is C21H20N4O2. The van der Waals surface area contributed by atoms with E-state index >= 15 is 0 Å². The van der Waals surface area contributed by atoms with E-state index in [9.17, 15) is 9.59 Å². The van der Waals surface area contributed by atoms with Crippen LogP contribution in [0.1, 0.15) is 28.8 Å². The van der Waals surface area contributed by atoms with Crippen molar-refractivity contribution < 1.29 is 9.59 Å². The smallest absolute Gasteiger partial charge is 0.255 e. The zero-order valence-electron chi connectivity index (χ0n) is 14.8. The highest BCUT2D eigenvalue weighted by Crippen LogP contribution is 2.30. The zero-order valence-corrected chi connectivity index (χ0v) is 14.8. The second-order valence-corrected chi connectivity index (χ2v) is 6.70. The maximum atomic E-state index is 12.6. The molecule has 2 amide bonds. The molecule has 6 nitrogen and oxygen atoms in total. The number of nitrogens with zero attached hydrogens (tertiary/aromatic N) is 2. The van der Waals surface area contributed by atoms with E-state index in [0.29, 0.717) is 17.8 Å². The SMILES string of the molecule is O=C(Nc1cccc(Cn2cccn2)c1)c1cccc(NC(=O)C2CC2)c1. The minimum absolute atomic E-state index is 0.0267. The fraction of sp³-hybridized carbons (Fsp3) is 0.190. The fourth-order valence-corrected chi connectivity index (χ4v) is 2.86. The second-order valence-electron chi connectivity index (χ2n) is 6.70. The van der Waals surface area contributed by atoms with E-state index in [2.05, 4.69) is 15.7 Å². The van der Waals surface area contributed by atoms with Crippen LogP contribution in [0.25, 0.3) is 0 Å². The van der Waals surface area contributed by atoms with Crippen molar-refractivity contribution in [3.05, 3.63) is 78.1 Å². The molecule has 0 atom stereocenters. The molecule has 136 valence electrons. The summed E-state index contributed by atoms with van der Waals surface area (Å²) in [6.45, 7) is 0.638. The maximum absolute atomic E-state index is 12.6. The van der Waals surface area contributed by atoms with Crippen molar-refractivity contribution in [2.45, 2.75) is 19.4 Å². The first-order valence-electron chi connectivity index (χ1n) is 8.96. The first-order valence-corrected chi connectivity index (χ1v) is 8.96. The molecule has 4 rings (SSSR count). The molecule has 0 unspecified atom stereocenters. The predicted octanol–water partition coefficient (Wildman–Crippen LogP) is 3.53. The largest absolute Gasteiger partial charge is 0.326 e. The van der Waals surface area contributed by atoms with Gasteiger partial charge in [0.15, 0.2) is 0 Å². The summed E-state index contributed by atoms with van der Waals surface area (Å²) in [5, 5.41) is 9.98. The summed E-state index contributed by atoms with van der Waals surface area (Å²) in [4.78, 5) is 24.5. The molecule has 2 aromatic carbocycles. The molecule has 3 aromatic rings. The van der Waals surface area contributed by atoms with Gasteiger partial charge in [0.2, 0.25) is 5.91 Å². The third-order valence-electron chi connectivity index (χ3n) is 4.43. The monoisotopic (exact) mass is 360 g/mol. The molecule has 0 aliphatic heterocycles. The first kappa shape index (κ1) is 17.0. The summed E-state index contributed by atoms with van der Waals surface area (Å²) >= 11 is 0. The lowest BCUT2D eigenvalue weighted by atomic mass is 10.1. The second kappa shape index (κ2) is 7.45. The number of carbonyl (C=O) groups excluding carboxylic acids is 2. The quantitative estimate of drug-likeness (QED) is 0.706. The van der Waals surface area contributed by atoms with Gasteiger partial charge in [-0.05, 0) is 54.8 Å². The summed E-state index contributed by atoms with van der Waals surface area (Å²) in [5.41, 5.74) is 2.91. The third-order valence-corrected chi connectivity index (χ3v) is 4.43. The van der Waals surface area contributed by atoms with Crippen LogP contribution in [0.5, 0.6) is 0 Å². The Hall–Kier alpha value is -3.41. The molecule has 1 aromatic heterocycles. The molecule has 2 N–H and O–H groups in total. The summed E-state index contributed by atoms with van der Waals surface area (Å²) in [6.07, 6.45) is 5.52. The maximum Gasteiger partial charge on any atom is 0.255 e. The Kier molecular flexibility index (Phi) is 4.70. The molecule has 1 heterocycles. The van der Waals surface area contributed by atoms with E-state index in [0.717, 1.165) is 24.1 Å². The standard InChI is InChI=1S/C21H20N4O2/c26-20(16-8-9-16)24-19-7-2-5-17(13-19)21(27)23-18-6-1-4-15(12-18)14-25-11-3-10-22-25/h1-7,10-13,16H,8-9,14H2,(H,23,27)(H,24,26). The highest BCUT2D eigenvalue weighted by Gasteiger charge is 2.29. The summed E-state index contributed by atoms with van der Waals surface area (Å²) in [5.74, 6) is -0.0624. The molecule has 1 fully saturated rings. The van der Waals surface area contributed by atoms with Crippen molar-refractivity contribution >= 4 is 23.2 Å². The summed E-state index contributed by atoms with van der Waals surface area (Å²) in [7, 11) is 0. The number of nitrogens with one attached hydrogen (secondary N) is 2. The van der Waals surface area contributed by atoms with Gasteiger partial charge in [-0.1, -0.05) is 18.2 Å². The van der Waals surface area contributed by atoms with Crippen LogP contribution in [0.2, 0.25) is 0 Å². The average molecular weight is 360 g/mol. The van der Waals surface area contributed by atoms with Gasteiger partial charge < -0.3 is 10.6 Å². The van der Waals surface area contributed by atoms with Crippen molar-refractivity contribution in [3.8, 4) is 0 Å². The van der Waals surface area contributed by atoms with Gasteiger partial charge in [-0.3, -0.25) is 14.3 Å². The molecule has 1 aliphatic carbocycles. The Labute approximate surface area is 157 Å². The molecule has 6 heteroatoms. The molecular weight excluding hydrogens is 340 g/mol. The van der Waals surface area contributed by atoms with E-state index in [-0.39, 0.29) is 17.7 Å². The molecule has 1 saturated carbocycles. The van der Waals surface area contributed by atoms with Gasteiger partial charge in [-0.2, -0.15) is 5.10 Å². The lowest BCUT2D eigenvalue weighted by Gasteiger charge is -2.09. The Morgan fingerprint density at radius 1 is 1.00 bits per heavy atom. The number of anilines is 2. The lowest BCUT2D eigenvalue weighted by molar-refractivity contribution is -0.117. The zero-order chi connectivity index (χ0) is 18.6. The first-order chi connectivity index (χ1) is 13.2. The van der Waals surface area contributed by atoms with Crippen molar-refractivity contribution in [2.24, 2.45) is 5.92 Å².